The number of fused-ring (bicyclic) bond motifs is 1. The molecule has 0 aliphatic carbocycles. The lowest BCUT2D eigenvalue weighted by Crippen LogP contribution is -2.27. The van der Waals surface area contributed by atoms with Gasteiger partial charge in [-0.2, -0.15) is 5.10 Å². The number of hydrogen-bond acceptors (Lipinski definition) is 6. The normalized spacial score (nSPS) is 11.1. The summed E-state index contributed by atoms with van der Waals surface area (Å²) in [6.07, 6.45) is 3.54. The molecule has 182 valence electrons. The van der Waals surface area contributed by atoms with Gasteiger partial charge in [-0.1, -0.05) is 32.0 Å². The molecule has 1 amide bonds. The zero-order valence-corrected chi connectivity index (χ0v) is 20.6. The van der Waals surface area contributed by atoms with Crippen molar-refractivity contribution < 1.29 is 14.3 Å². The highest BCUT2D eigenvalue weighted by molar-refractivity contribution is 6.13. The molecule has 35 heavy (non-hydrogen) atoms. The Bertz CT molecular complexity index is 1310. The first-order chi connectivity index (χ1) is 17.1. The fourth-order valence-electron chi connectivity index (χ4n) is 4.04. The summed E-state index contributed by atoms with van der Waals surface area (Å²) in [7, 11) is 3.19. The maximum Gasteiger partial charge on any atom is 0.256 e. The number of rotatable bonds is 10. The van der Waals surface area contributed by atoms with Crippen molar-refractivity contribution in [2.24, 2.45) is 0 Å². The molecule has 0 bridgehead atoms. The highest BCUT2D eigenvalue weighted by Crippen LogP contribution is 2.33. The molecule has 4 rings (SSSR count). The quantitative estimate of drug-likeness (QED) is 0.359. The van der Waals surface area contributed by atoms with Crippen LogP contribution >= 0.6 is 0 Å². The van der Waals surface area contributed by atoms with E-state index in [-0.39, 0.29) is 5.91 Å². The molecule has 0 aliphatic heterocycles. The van der Waals surface area contributed by atoms with Crippen molar-refractivity contribution in [3.63, 3.8) is 0 Å². The molecule has 0 spiro atoms. The van der Waals surface area contributed by atoms with Crippen molar-refractivity contribution in [2.45, 2.75) is 20.4 Å². The van der Waals surface area contributed by atoms with Gasteiger partial charge in [-0.15, -0.1) is 0 Å². The third-order valence-electron chi connectivity index (χ3n) is 6.07. The summed E-state index contributed by atoms with van der Waals surface area (Å²) in [6, 6.07) is 15.0. The number of anilines is 1. The van der Waals surface area contributed by atoms with E-state index in [0.29, 0.717) is 28.4 Å². The van der Waals surface area contributed by atoms with Crippen molar-refractivity contribution in [3.8, 4) is 22.8 Å². The number of nitrogens with zero attached hydrogens (tertiary/aromatic N) is 4. The third-order valence-corrected chi connectivity index (χ3v) is 6.07. The molecule has 2 aromatic heterocycles. The molecule has 4 aromatic rings. The smallest absolute Gasteiger partial charge is 0.256 e. The molecule has 8 heteroatoms. The van der Waals surface area contributed by atoms with Crippen LogP contribution in [0, 0.1) is 0 Å². The molecular formula is C27H31N5O3. The number of aromatic nitrogens is 3. The van der Waals surface area contributed by atoms with Crippen LogP contribution < -0.4 is 14.8 Å². The van der Waals surface area contributed by atoms with Gasteiger partial charge in [0.2, 0.25) is 0 Å². The van der Waals surface area contributed by atoms with Crippen molar-refractivity contribution in [2.75, 3.05) is 39.2 Å². The first-order valence-corrected chi connectivity index (χ1v) is 11.7. The number of ether oxygens (including phenoxy) is 2. The molecule has 0 atom stereocenters. The van der Waals surface area contributed by atoms with Gasteiger partial charge < -0.3 is 19.7 Å². The number of amides is 1. The van der Waals surface area contributed by atoms with E-state index in [1.54, 1.807) is 20.4 Å². The first-order valence-electron chi connectivity index (χ1n) is 11.7. The zero-order valence-electron chi connectivity index (χ0n) is 20.6. The van der Waals surface area contributed by atoms with Gasteiger partial charge >= 0.3 is 0 Å². The fourth-order valence-corrected chi connectivity index (χ4v) is 4.04. The van der Waals surface area contributed by atoms with Crippen LogP contribution in [0.25, 0.3) is 22.2 Å². The van der Waals surface area contributed by atoms with Gasteiger partial charge in [0.15, 0.2) is 11.5 Å². The monoisotopic (exact) mass is 473 g/mol. The number of hydrogen-bond donors (Lipinski definition) is 1. The van der Waals surface area contributed by atoms with Gasteiger partial charge in [0.05, 0.1) is 49.4 Å². The molecule has 2 heterocycles. The molecule has 0 saturated heterocycles. The Labute approximate surface area is 205 Å². The SMILES string of the molecule is CCN(CC)CCn1cc(NC(=O)c2cc(-c3ccc(OC)c(OC)c3)nc3ccccc23)cn1. The van der Waals surface area contributed by atoms with E-state index in [2.05, 4.69) is 29.2 Å². The Morgan fingerprint density at radius 2 is 1.80 bits per heavy atom. The number of likely N-dealkylation sites (N-methyl/N-ethyl adjacent to an activating group) is 1. The summed E-state index contributed by atoms with van der Waals surface area (Å²) < 4.78 is 12.7. The van der Waals surface area contributed by atoms with Crippen LogP contribution in [0.1, 0.15) is 24.2 Å². The summed E-state index contributed by atoms with van der Waals surface area (Å²) in [5.41, 5.74) is 3.43. The molecule has 0 fully saturated rings. The topological polar surface area (TPSA) is 81.5 Å². The lowest BCUT2D eigenvalue weighted by Gasteiger charge is -2.17. The van der Waals surface area contributed by atoms with Crippen LogP contribution in [0.4, 0.5) is 5.69 Å². The standard InChI is InChI=1S/C27H31N5O3/c1-5-31(6-2)13-14-32-18-20(17-28-32)29-27(33)22-16-24(30-23-10-8-7-9-21(22)23)19-11-12-25(34-3)26(15-19)35-4/h7-12,15-18H,5-6,13-14H2,1-4H3,(H,29,33). The second kappa shape index (κ2) is 11.0. The van der Waals surface area contributed by atoms with E-state index in [0.717, 1.165) is 42.6 Å². The number of nitrogens with one attached hydrogen (secondary N) is 1. The minimum atomic E-state index is -0.214. The van der Waals surface area contributed by atoms with Crippen molar-refractivity contribution in [1.29, 1.82) is 0 Å². The number of carbonyl (C=O) groups is 1. The summed E-state index contributed by atoms with van der Waals surface area (Å²) in [4.78, 5) is 20.5. The third kappa shape index (κ3) is 5.44. The molecule has 8 nitrogen and oxygen atoms in total. The largest absolute Gasteiger partial charge is 0.493 e. The predicted molar refractivity (Wildman–Crippen MR) is 138 cm³/mol. The van der Waals surface area contributed by atoms with Gasteiger partial charge in [-0.05, 0) is 43.4 Å². The van der Waals surface area contributed by atoms with Crippen LogP contribution in [0.5, 0.6) is 11.5 Å². The van der Waals surface area contributed by atoms with Crippen LogP contribution in [0.3, 0.4) is 0 Å². The van der Waals surface area contributed by atoms with Gasteiger partial charge in [-0.25, -0.2) is 4.98 Å². The maximum atomic E-state index is 13.4. The summed E-state index contributed by atoms with van der Waals surface area (Å²) in [5, 5.41) is 8.18. The molecule has 0 radical (unpaired) electrons. The zero-order chi connectivity index (χ0) is 24.8. The van der Waals surface area contributed by atoms with Crippen molar-refractivity contribution >= 4 is 22.5 Å². The number of carbonyl (C=O) groups excluding carboxylic acids is 1. The van der Waals surface area contributed by atoms with E-state index < -0.39 is 0 Å². The van der Waals surface area contributed by atoms with E-state index in [1.165, 1.54) is 0 Å². The van der Waals surface area contributed by atoms with E-state index in [9.17, 15) is 4.79 Å². The summed E-state index contributed by atoms with van der Waals surface area (Å²) in [5.74, 6) is 1.02. The Kier molecular flexibility index (Phi) is 7.62. The first kappa shape index (κ1) is 24.2. The molecular weight excluding hydrogens is 442 g/mol. The second-order valence-electron chi connectivity index (χ2n) is 8.12. The van der Waals surface area contributed by atoms with Crippen LogP contribution in [-0.2, 0) is 6.54 Å². The number of benzene rings is 2. The fraction of sp³-hybridized carbons (Fsp3) is 0.296. The van der Waals surface area contributed by atoms with Gasteiger partial charge in [0.25, 0.3) is 5.91 Å². The van der Waals surface area contributed by atoms with Gasteiger partial charge in [0, 0.05) is 23.7 Å². The van der Waals surface area contributed by atoms with Crippen molar-refractivity contribution in [1.82, 2.24) is 19.7 Å². The lowest BCUT2D eigenvalue weighted by atomic mass is 10.0. The highest BCUT2D eigenvalue weighted by atomic mass is 16.5. The molecule has 0 saturated carbocycles. The van der Waals surface area contributed by atoms with Crippen molar-refractivity contribution in [3.05, 3.63) is 66.5 Å². The van der Waals surface area contributed by atoms with E-state index >= 15 is 0 Å². The average Bonchev–Trinajstić information content (AvgIpc) is 3.35. The Balaban J connectivity index is 1.62. The van der Waals surface area contributed by atoms with Gasteiger partial charge in [0.1, 0.15) is 0 Å². The summed E-state index contributed by atoms with van der Waals surface area (Å²) in [6.45, 7) is 7.96. The van der Waals surface area contributed by atoms with E-state index in [1.807, 2.05) is 59.4 Å². The Morgan fingerprint density at radius 3 is 2.54 bits per heavy atom. The minimum absolute atomic E-state index is 0.214. The Hall–Kier alpha value is -3.91. The minimum Gasteiger partial charge on any atom is -0.493 e. The second-order valence-corrected chi connectivity index (χ2v) is 8.12. The highest BCUT2D eigenvalue weighted by Gasteiger charge is 2.16. The maximum absolute atomic E-state index is 13.4. The predicted octanol–water partition coefficient (Wildman–Crippen LogP) is 4.71. The van der Waals surface area contributed by atoms with E-state index in [4.69, 9.17) is 14.5 Å². The molecule has 1 N–H and O–H groups in total. The van der Waals surface area contributed by atoms with Crippen LogP contribution in [0.15, 0.2) is 60.9 Å². The summed E-state index contributed by atoms with van der Waals surface area (Å²) >= 11 is 0. The number of para-hydroxylation sites is 1. The number of pyridine rings is 1. The molecule has 0 unspecified atom stereocenters. The number of methoxy groups -OCH3 is 2. The van der Waals surface area contributed by atoms with Gasteiger partial charge in [-0.3, -0.25) is 9.48 Å². The average molecular weight is 474 g/mol. The Morgan fingerprint density at radius 1 is 1.03 bits per heavy atom. The van der Waals surface area contributed by atoms with Crippen LogP contribution in [0.2, 0.25) is 0 Å². The lowest BCUT2D eigenvalue weighted by molar-refractivity contribution is 0.102. The molecule has 0 aliphatic rings. The van der Waals surface area contributed by atoms with Crippen LogP contribution in [-0.4, -0.2) is 59.4 Å². The molecule has 2 aromatic carbocycles.